The largest absolute Gasteiger partial charge is 0.444 e. The number of benzene rings is 2. The average molecular weight is 392 g/mol. The van der Waals surface area contributed by atoms with Crippen LogP contribution in [0.2, 0.25) is 0 Å². The quantitative estimate of drug-likeness (QED) is 0.658. The molecule has 0 aliphatic carbocycles. The van der Waals surface area contributed by atoms with E-state index in [-0.39, 0.29) is 0 Å². The minimum atomic E-state index is -0.520. The van der Waals surface area contributed by atoms with Gasteiger partial charge in [0, 0.05) is 23.1 Å². The third-order valence-corrected chi connectivity index (χ3v) is 5.31. The highest BCUT2D eigenvalue weighted by Crippen LogP contribution is 2.34. The van der Waals surface area contributed by atoms with E-state index in [2.05, 4.69) is 23.1 Å². The number of nitrogens with two attached hydrogens (primary N) is 1. The minimum Gasteiger partial charge on any atom is -0.444 e. The van der Waals surface area contributed by atoms with Gasteiger partial charge >= 0.3 is 0 Å². The molecule has 0 amide bonds. The van der Waals surface area contributed by atoms with Gasteiger partial charge < -0.3 is 10.5 Å². The lowest BCUT2D eigenvalue weighted by molar-refractivity contribution is 0.0744. The minimum absolute atomic E-state index is 0.339. The van der Waals surface area contributed by atoms with Gasteiger partial charge in [0.25, 0.3) is 0 Å². The fraction of sp³-hybridized carbons (Fsp3) is 0.190. The van der Waals surface area contributed by atoms with Crippen LogP contribution in [0.5, 0.6) is 0 Å². The summed E-state index contributed by atoms with van der Waals surface area (Å²) in [5.41, 5.74) is 9.43. The molecule has 3 aromatic rings. The molecule has 142 valence electrons. The van der Waals surface area contributed by atoms with Crippen LogP contribution in [-0.4, -0.2) is 33.7 Å². The number of aromatic nitrogens is 2. The summed E-state index contributed by atoms with van der Waals surface area (Å²) >= 11 is 1.77. The highest BCUT2D eigenvalue weighted by atomic mass is 32.2. The predicted octanol–water partition coefficient (Wildman–Crippen LogP) is 4.16. The van der Waals surface area contributed by atoms with E-state index >= 15 is 0 Å². The third-order valence-electron chi connectivity index (χ3n) is 4.36. The van der Waals surface area contributed by atoms with Gasteiger partial charge in [0.15, 0.2) is 5.82 Å². The Hall–Kier alpha value is -3.06. The molecule has 2 aromatic carbocycles. The van der Waals surface area contributed by atoms with Gasteiger partial charge in [0.2, 0.25) is 12.1 Å². The van der Waals surface area contributed by atoms with Crippen molar-refractivity contribution in [2.24, 2.45) is 5.10 Å². The zero-order chi connectivity index (χ0) is 19.5. The Labute approximate surface area is 168 Å². The van der Waals surface area contributed by atoms with Crippen LogP contribution < -0.4 is 5.73 Å². The lowest BCUT2D eigenvalue weighted by atomic mass is 10.1. The maximum Gasteiger partial charge on any atom is 0.240 e. The molecular formula is C21H21N5OS. The summed E-state index contributed by atoms with van der Waals surface area (Å²) in [6.07, 6.45) is 1.19. The van der Waals surface area contributed by atoms with Crippen LogP contribution in [0, 0.1) is 0 Å². The van der Waals surface area contributed by atoms with Gasteiger partial charge in [-0.1, -0.05) is 43.3 Å². The first-order valence-corrected chi connectivity index (χ1v) is 10.0. The molecule has 1 atom stereocenters. The summed E-state index contributed by atoms with van der Waals surface area (Å²) < 4.78 is 6.08. The van der Waals surface area contributed by atoms with E-state index in [0.717, 1.165) is 27.5 Å². The second-order valence-corrected chi connectivity index (χ2v) is 7.58. The zero-order valence-electron chi connectivity index (χ0n) is 15.7. The SMILES string of the molecule is CCSc1ccccc1-c1cnc(N)c(C2OC(c3ccccc3)=NN2C)n1. The van der Waals surface area contributed by atoms with E-state index in [1.54, 1.807) is 23.0 Å². The summed E-state index contributed by atoms with van der Waals surface area (Å²) in [7, 11) is 1.84. The van der Waals surface area contributed by atoms with Gasteiger partial charge in [0.05, 0.1) is 11.9 Å². The molecule has 1 aliphatic heterocycles. The maximum absolute atomic E-state index is 6.15. The van der Waals surface area contributed by atoms with Crippen LogP contribution >= 0.6 is 11.8 Å². The van der Waals surface area contributed by atoms with E-state index in [1.807, 2.05) is 55.6 Å². The molecule has 1 aromatic heterocycles. The number of hydrazone groups is 1. The molecule has 0 radical (unpaired) electrons. The van der Waals surface area contributed by atoms with Crippen LogP contribution in [0.25, 0.3) is 11.3 Å². The number of rotatable bonds is 5. The van der Waals surface area contributed by atoms with E-state index in [1.165, 1.54) is 0 Å². The predicted molar refractivity (Wildman–Crippen MR) is 113 cm³/mol. The Bertz CT molecular complexity index is 1010. The first kappa shape index (κ1) is 18.3. The van der Waals surface area contributed by atoms with Gasteiger partial charge in [-0.2, -0.15) is 0 Å². The number of nitrogen functional groups attached to an aromatic ring is 1. The standard InChI is InChI=1S/C21H21N5OS/c1-3-28-17-12-8-7-11-15(17)16-13-23-19(22)18(24-16)21-26(2)25-20(27-21)14-9-5-4-6-10-14/h4-13,21H,3H2,1-2H3,(H2,22,23). The molecule has 7 heteroatoms. The Morgan fingerprint density at radius 3 is 2.64 bits per heavy atom. The van der Waals surface area contributed by atoms with Gasteiger partial charge in [-0.15, -0.1) is 16.9 Å². The fourth-order valence-electron chi connectivity index (χ4n) is 3.02. The van der Waals surface area contributed by atoms with Gasteiger partial charge in [-0.05, 0) is 24.0 Å². The smallest absolute Gasteiger partial charge is 0.240 e. The molecule has 0 spiro atoms. The molecule has 0 saturated carbocycles. The van der Waals surface area contributed by atoms with Crippen molar-refractivity contribution in [3.8, 4) is 11.3 Å². The summed E-state index contributed by atoms with van der Waals surface area (Å²) in [6, 6.07) is 17.9. The molecule has 2 heterocycles. The van der Waals surface area contributed by atoms with E-state index < -0.39 is 6.23 Å². The molecular weight excluding hydrogens is 370 g/mol. The molecule has 0 fully saturated rings. The lowest BCUT2D eigenvalue weighted by Gasteiger charge is -2.19. The van der Waals surface area contributed by atoms with Crippen molar-refractivity contribution in [1.82, 2.24) is 15.0 Å². The Morgan fingerprint density at radius 2 is 1.86 bits per heavy atom. The topological polar surface area (TPSA) is 76.6 Å². The molecule has 1 aliphatic rings. The number of thioether (sulfide) groups is 1. The van der Waals surface area contributed by atoms with E-state index in [9.17, 15) is 0 Å². The zero-order valence-corrected chi connectivity index (χ0v) is 16.6. The number of hydrogen-bond acceptors (Lipinski definition) is 7. The molecule has 0 saturated heterocycles. The van der Waals surface area contributed by atoms with Crippen LogP contribution in [-0.2, 0) is 4.74 Å². The molecule has 1 unspecified atom stereocenters. The second kappa shape index (κ2) is 7.90. The van der Waals surface area contributed by atoms with Crippen molar-refractivity contribution >= 4 is 23.5 Å². The van der Waals surface area contributed by atoms with Crippen LogP contribution in [0.1, 0.15) is 24.4 Å². The summed E-state index contributed by atoms with van der Waals surface area (Å²) in [6.45, 7) is 2.13. The number of nitrogens with zero attached hydrogens (tertiary/aromatic N) is 4. The van der Waals surface area contributed by atoms with Crippen LogP contribution in [0.15, 0.2) is 70.8 Å². The molecule has 4 rings (SSSR count). The molecule has 0 bridgehead atoms. The first-order valence-electron chi connectivity index (χ1n) is 9.05. The van der Waals surface area contributed by atoms with Gasteiger partial charge in [0.1, 0.15) is 5.69 Å². The van der Waals surface area contributed by atoms with E-state index in [0.29, 0.717) is 17.4 Å². The van der Waals surface area contributed by atoms with Crippen LogP contribution in [0.4, 0.5) is 5.82 Å². The fourth-order valence-corrected chi connectivity index (χ4v) is 3.84. The lowest BCUT2D eigenvalue weighted by Crippen LogP contribution is -2.20. The number of anilines is 1. The van der Waals surface area contributed by atoms with Crippen molar-refractivity contribution < 1.29 is 4.74 Å². The highest BCUT2D eigenvalue weighted by molar-refractivity contribution is 7.99. The van der Waals surface area contributed by atoms with Crippen LogP contribution in [0.3, 0.4) is 0 Å². The number of ether oxygens (including phenoxy) is 1. The third kappa shape index (κ3) is 3.53. The van der Waals surface area contributed by atoms with E-state index in [4.69, 9.17) is 15.5 Å². The second-order valence-electron chi connectivity index (χ2n) is 6.27. The normalized spacial score (nSPS) is 16.0. The van der Waals surface area contributed by atoms with Crippen molar-refractivity contribution in [2.75, 3.05) is 18.5 Å². The average Bonchev–Trinajstić information content (AvgIpc) is 3.11. The summed E-state index contributed by atoms with van der Waals surface area (Å²) in [5.74, 6) is 1.86. The number of hydrogen-bond donors (Lipinski definition) is 1. The van der Waals surface area contributed by atoms with Gasteiger partial charge in [-0.25, -0.2) is 9.97 Å². The maximum atomic E-state index is 6.15. The Kier molecular flexibility index (Phi) is 5.16. The van der Waals surface area contributed by atoms with Crippen molar-refractivity contribution in [3.05, 3.63) is 72.1 Å². The monoisotopic (exact) mass is 391 g/mol. The highest BCUT2D eigenvalue weighted by Gasteiger charge is 2.31. The summed E-state index contributed by atoms with van der Waals surface area (Å²) in [4.78, 5) is 10.4. The molecule has 6 nitrogen and oxygen atoms in total. The molecule has 28 heavy (non-hydrogen) atoms. The Balaban J connectivity index is 1.68. The van der Waals surface area contributed by atoms with Crippen molar-refractivity contribution in [3.63, 3.8) is 0 Å². The van der Waals surface area contributed by atoms with Gasteiger partial charge in [-0.3, -0.25) is 5.01 Å². The molecule has 2 N–H and O–H groups in total. The first-order chi connectivity index (χ1) is 13.7. The summed E-state index contributed by atoms with van der Waals surface area (Å²) in [5, 5.41) is 6.23. The van der Waals surface area contributed by atoms with Crippen molar-refractivity contribution in [1.29, 1.82) is 0 Å². The Morgan fingerprint density at radius 1 is 1.11 bits per heavy atom. The van der Waals surface area contributed by atoms with Crippen molar-refractivity contribution in [2.45, 2.75) is 18.0 Å².